The normalized spacial score (nSPS) is 11.4. The van der Waals surface area contributed by atoms with Gasteiger partial charge in [-0.2, -0.15) is 4.37 Å². The highest BCUT2D eigenvalue weighted by Gasteiger charge is 2.15. The van der Waals surface area contributed by atoms with E-state index in [0.29, 0.717) is 6.54 Å². The van der Waals surface area contributed by atoms with E-state index in [9.17, 15) is 0 Å². The molecule has 0 saturated heterocycles. The zero-order chi connectivity index (χ0) is 12.5. The van der Waals surface area contributed by atoms with Crippen molar-refractivity contribution in [2.45, 2.75) is 22.7 Å². The first-order chi connectivity index (χ1) is 8.78. The molecule has 0 aromatic carbocycles. The average Bonchev–Trinajstić information content (AvgIpc) is 3.00. The number of imidazole rings is 1. The predicted octanol–water partition coefficient (Wildman–Crippen LogP) is 2.21. The average molecular weight is 297 g/mol. The van der Waals surface area contributed by atoms with Gasteiger partial charge in [-0.05, 0) is 36.8 Å². The fourth-order valence-corrected chi connectivity index (χ4v) is 4.17. The largest absolute Gasteiger partial charge is 0.330 e. The zero-order valence-electron chi connectivity index (χ0n) is 9.66. The topological polar surface area (TPSA) is 69.1 Å². The smallest absolute Gasteiger partial charge is 0.194 e. The Balaban J connectivity index is 1.99. The van der Waals surface area contributed by atoms with Gasteiger partial charge in [0, 0.05) is 18.0 Å². The van der Waals surface area contributed by atoms with E-state index < -0.39 is 0 Å². The summed E-state index contributed by atoms with van der Waals surface area (Å²) in [7, 11) is 0. The first kappa shape index (κ1) is 12.1. The molecule has 0 bridgehead atoms. The van der Waals surface area contributed by atoms with E-state index >= 15 is 0 Å². The van der Waals surface area contributed by atoms with Gasteiger partial charge >= 0.3 is 0 Å². The van der Waals surface area contributed by atoms with Gasteiger partial charge in [0.05, 0.1) is 5.69 Å². The van der Waals surface area contributed by atoms with Crippen molar-refractivity contribution >= 4 is 39.6 Å². The minimum absolute atomic E-state index is 0.617. The van der Waals surface area contributed by atoms with Crippen LogP contribution in [0.3, 0.4) is 0 Å². The number of hydrogen-bond acceptors (Lipinski definition) is 7. The molecule has 2 N–H and O–H groups in total. The van der Waals surface area contributed by atoms with Crippen molar-refractivity contribution in [2.24, 2.45) is 5.73 Å². The molecule has 3 aromatic rings. The molecular formula is C10H11N5S3. The Kier molecular flexibility index (Phi) is 3.33. The van der Waals surface area contributed by atoms with E-state index in [1.807, 2.05) is 18.5 Å². The van der Waals surface area contributed by atoms with Gasteiger partial charge in [-0.3, -0.25) is 4.40 Å². The van der Waals surface area contributed by atoms with Crippen LogP contribution in [-0.2, 0) is 6.42 Å². The van der Waals surface area contributed by atoms with Crippen LogP contribution >= 0.6 is 34.6 Å². The predicted molar refractivity (Wildman–Crippen MR) is 74.6 cm³/mol. The number of rotatable bonds is 4. The van der Waals surface area contributed by atoms with Crippen molar-refractivity contribution in [1.82, 2.24) is 18.7 Å². The van der Waals surface area contributed by atoms with Crippen LogP contribution in [0.5, 0.6) is 0 Å². The summed E-state index contributed by atoms with van der Waals surface area (Å²) in [6, 6.07) is 0. The number of aromatic nitrogens is 4. The summed E-state index contributed by atoms with van der Waals surface area (Å²) in [6.07, 6.45) is 2.85. The highest BCUT2D eigenvalue weighted by Crippen LogP contribution is 2.32. The second-order valence-corrected chi connectivity index (χ2v) is 6.53. The van der Waals surface area contributed by atoms with Crippen molar-refractivity contribution in [3.63, 3.8) is 0 Å². The van der Waals surface area contributed by atoms with E-state index in [1.54, 1.807) is 23.1 Å². The number of thiazole rings is 1. The van der Waals surface area contributed by atoms with Crippen molar-refractivity contribution in [3.8, 4) is 0 Å². The van der Waals surface area contributed by atoms with E-state index in [4.69, 9.17) is 5.73 Å². The molecule has 0 saturated carbocycles. The lowest BCUT2D eigenvalue weighted by atomic mass is 10.3. The quantitative estimate of drug-likeness (QED) is 0.799. The molecule has 5 nitrogen and oxygen atoms in total. The molecule has 0 atom stereocenters. The maximum Gasteiger partial charge on any atom is 0.194 e. The molecule has 3 heterocycles. The molecule has 0 radical (unpaired) electrons. The molecule has 8 heteroatoms. The molecule has 0 amide bonds. The molecule has 0 unspecified atom stereocenters. The Bertz CT molecular complexity index is 668. The zero-order valence-corrected chi connectivity index (χ0v) is 12.1. The van der Waals surface area contributed by atoms with E-state index in [-0.39, 0.29) is 0 Å². The van der Waals surface area contributed by atoms with Gasteiger partial charge in [-0.1, -0.05) is 0 Å². The Hall–Kier alpha value is -0.960. The summed E-state index contributed by atoms with van der Waals surface area (Å²) in [5, 5.41) is 3.02. The molecule has 94 valence electrons. The Labute approximate surface area is 116 Å². The first-order valence-electron chi connectivity index (χ1n) is 5.40. The molecule has 0 spiro atoms. The molecule has 0 aliphatic carbocycles. The third-order valence-electron chi connectivity index (χ3n) is 2.40. The summed E-state index contributed by atoms with van der Waals surface area (Å²) in [5.74, 6) is 0.809. The summed E-state index contributed by atoms with van der Waals surface area (Å²) in [4.78, 5) is 9.98. The number of aryl methyl sites for hydroxylation is 1. The maximum atomic E-state index is 5.67. The van der Waals surface area contributed by atoms with Crippen LogP contribution in [0.2, 0.25) is 0 Å². The van der Waals surface area contributed by atoms with Crippen LogP contribution in [0.1, 0.15) is 11.5 Å². The lowest BCUT2D eigenvalue weighted by molar-refractivity contribution is 0.878. The molecule has 3 rings (SSSR count). The third kappa shape index (κ3) is 2.16. The van der Waals surface area contributed by atoms with E-state index in [1.165, 1.54) is 11.5 Å². The van der Waals surface area contributed by atoms with Crippen molar-refractivity contribution in [2.75, 3.05) is 6.54 Å². The monoisotopic (exact) mass is 297 g/mol. The Morgan fingerprint density at radius 2 is 2.33 bits per heavy atom. The first-order valence-corrected chi connectivity index (χ1v) is 7.87. The number of nitrogens with two attached hydrogens (primary N) is 1. The molecule has 0 aliphatic heterocycles. The fraction of sp³-hybridized carbons (Fsp3) is 0.300. The van der Waals surface area contributed by atoms with Crippen molar-refractivity contribution < 1.29 is 0 Å². The summed E-state index contributed by atoms with van der Waals surface area (Å²) in [6.45, 7) is 2.51. The second kappa shape index (κ2) is 4.96. The molecule has 0 aliphatic rings. The van der Waals surface area contributed by atoms with Crippen molar-refractivity contribution in [3.05, 3.63) is 23.1 Å². The van der Waals surface area contributed by atoms with Crippen LogP contribution in [-0.4, -0.2) is 25.3 Å². The fourth-order valence-electron chi connectivity index (χ4n) is 1.66. The highest BCUT2D eigenvalue weighted by atomic mass is 32.2. The SMILES string of the molecule is Cc1nsc(Sc2nc3sccn3c2CCN)n1. The van der Waals surface area contributed by atoms with Gasteiger partial charge < -0.3 is 5.73 Å². The summed E-state index contributed by atoms with van der Waals surface area (Å²) in [5.41, 5.74) is 6.83. The molecule has 3 aromatic heterocycles. The third-order valence-corrected chi connectivity index (χ3v) is 5.02. The summed E-state index contributed by atoms with van der Waals surface area (Å²) >= 11 is 4.61. The highest BCUT2D eigenvalue weighted by molar-refractivity contribution is 8.00. The summed E-state index contributed by atoms with van der Waals surface area (Å²) < 4.78 is 7.22. The van der Waals surface area contributed by atoms with Gasteiger partial charge in [-0.25, -0.2) is 9.97 Å². The minimum Gasteiger partial charge on any atom is -0.330 e. The van der Waals surface area contributed by atoms with Crippen LogP contribution in [0, 0.1) is 6.92 Å². The lowest BCUT2D eigenvalue weighted by Gasteiger charge is -1.99. The van der Waals surface area contributed by atoms with Gasteiger partial charge in [0.25, 0.3) is 0 Å². The van der Waals surface area contributed by atoms with Crippen molar-refractivity contribution in [1.29, 1.82) is 0 Å². The number of fused-ring (bicyclic) bond motifs is 1. The van der Waals surface area contributed by atoms with Gasteiger partial charge in [-0.15, -0.1) is 11.3 Å². The number of hydrogen-bond donors (Lipinski definition) is 1. The van der Waals surface area contributed by atoms with E-state index in [0.717, 1.165) is 32.3 Å². The Morgan fingerprint density at radius 1 is 1.44 bits per heavy atom. The van der Waals surface area contributed by atoms with Crippen LogP contribution in [0.15, 0.2) is 20.9 Å². The lowest BCUT2D eigenvalue weighted by Crippen LogP contribution is -2.05. The molecule has 18 heavy (non-hydrogen) atoms. The van der Waals surface area contributed by atoms with Crippen LogP contribution in [0.25, 0.3) is 4.96 Å². The minimum atomic E-state index is 0.617. The van der Waals surface area contributed by atoms with Crippen LogP contribution in [0.4, 0.5) is 0 Å². The maximum absolute atomic E-state index is 5.67. The Morgan fingerprint density at radius 3 is 3.06 bits per heavy atom. The molecular weight excluding hydrogens is 286 g/mol. The number of nitrogens with zero attached hydrogens (tertiary/aromatic N) is 4. The van der Waals surface area contributed by atoms with Crippen LogP contribution < -0.4 is 5.73 Å². The standard InChI is InChI=1S/C10H11N5S3/c1-6-12-10(18-14-6)17-8-7(2-3-11)15-4-5-16-9(15)13-8/h4-5H,2-3,11H2,1H3. The van der Waals surface area contributed by atoms with Gasteiger partial charge in [0.15, 0.2) is 9.30 Å². The molecule has 0 fully saturated rings. The van der Waals surface area contributed by atoms with E-state index in [2.05, 4.69) is 18.7 Å². The van der Waals surface area contributed by atoms with Gasteiger partial charge in [0.2, 0.25) is 0 Å². The van der Waals surface area contributed by atoms with Gasteiger partial charge in [0.1, 0.15) is 10.9 Å². The second-order valence-electron chi connectivity index (χ2n) is 3.67.